The van der Waals surface area contributed by atoms with Crippen LogP contribution < -0.4 is 11.1 Å². The molecule has 0 radical (unpaired) electrons. The van der Waals surface area contributed by atoms with Gasteiger partial charge in [-0.25, -0.2) is 13.2 Å². The van der Waals surface area contributed by atoms with E-state index in [0.29, 0.717) is 5.02 Å². The average molecular weight is 437 g/mol. The maximum absolute atomic E-state index is 13.4. The van der Waals surface area contributed by atoms with Crippen molar-refractivity contribution in [3.05, 3.63) is 65.2 Å². The number of nitrogens with one attached hydrogen (secondary N) is 1. The lowest BCUT2D eigenvalue weighted by molar-refractivity contribution is 0.0497. The van der Waals surface area contributed by atoms with Gasteiger partial charge in [-0.3, -0.25) is 0 Å². The number of nitrogens with two attached hydrogens (primary N) is 1. The molecule has 0 saturated heterocycles. The number of carbonyl (C=O) groups is 1. The standard InChI is InChI=1S/C21H25ClN2O4S/c1-20(2,3)28-19(25)24-21(13-23)17(14-9-11-15(22)12-10-14)18(21)29(26,27)16-7-5-4-6-8-16/h4-12,17-18H,13,23H2,1-3H3,(H,24,25)/t17-,18+,21-/m1/s1. The second-order valence-corrected chi connectivity index (χ2v) is 10.7. The highest BCUT2D eigenvalue weighted by molar-refractivity contribution is 7.92. The van der Waals surface area contributed by atoms with Gasteiger partial charge < -0.3 is 15.8 Å². The van der Waals surface area contributed by atoms with Gasteiger partial charge in [-0.15, -0.1) is 0 Å². The summed E-state index contributed by atoms with van der Waals surface area (Å²) in [6.45, 7) is 5.16. The Kier molecular flexibility index (Phi) is 5.69. The van der Waals surface area contributed by atoms with E-state index in [4.69, 9.17) is 22.1 Å². The van der Waals surface area contributed by atoms with E-state index in [-0.39, 0.29) is 11.4 Å². The summed E-state index contributed by atoms with van der Waals surface area (Å²) in [5.74, 6) is -0.525. The molecule has 0 unspecified atom stereocenters. The Morgan fingerprint density at radius 3 is 2.24 bits per heavy atom. The van der Waals surface area contributed by atoms with Crippen molar-refractivity contribution < 1.29 is 17.9 Å². The van der Waals surface area contributed by atoms with Crippen molar-refractivity contribution in [3.8, 4) is 0 Å². The van der Waals surface area contributed by atoms with Crippen LogP contribution in [0, 0.1) is 0 Å². The van der Waals surface area contributed by atoms with Crippen LogP contribution in [-0.4, -0.2) is 37.4 Å². The van der Waals surface area contributed by atoms with Crippen LogP contribution in [-0.2, 0) is 14.6 Å². The Bertz CT molecular complexity index is 988. The molecule has 1 amide bonds. The second kappa shape index (κ2) is 7.63. The minimum absolute atomic E-state index is 0.0593. The molecule has 0 bridgehead atoms. The molecule has 8 heteroatoms. The number of carbonyl (C=O) groups excluding carboxylic acids is 1. The molecule has 2 aromatic rings. The van der Waals surface area contributed by atoms with Gasteiger partial charge in [-0.2, -0.15) is 0 Å². The smallest absolute Gasteiger partial charge is 0.408 e. The largest absolute Gasteiger partial charge is 0.444 e. The van der Waals surface area contributed by atoms with Gasteiger partial charge in [0.25, 0.3) is 0 Å². The van der Waals surface area contributed by atoms with E-state index in [1.165, 1.54) is 0 Å². The fourth-order valence-electron chi connectivity index (χ4n) is 3.70. The Morgan fingerprint density at radius 2 is 1.72 bits per heavy atom. The zero-order chi connectivity index (χ0) is 21.4. The maximum Gasteiger partial charge on any atom is 0.408 e. The van der Waals surface area contributed by atoms with Crippen LogP contribution in [0.3, 0.4) is 0 Å². The fraction of sp³-hybridized carbons (Fsp3) is 0.381. The molecule has 1 fully saturated rings. The number of halogens is 1. The third-order valence-corrected chi connectivity index (χ3v) is 7.51. The number of hydrogen-bond donors (Lipinski definition) is 2. The molecule has 2 aromatic carbocycles. The van der Waals surface area contributed by atoms with Gasteiger partial charge in [0.2, 0.25) is 0 Å². The number of rotatable bonds is 5. The molecule has 1 aliphatic carbocycles. The third-order valence-electron chi connectivity index (χ3n) is 4.96. The second-order valence-electron chi connectivity index (χ2n) is 8.18. The van der Waals surface area contributed by atoms with Crippen molar-refractivity contribution in [2.45, 2.75) is 48.0 Å². The first-order chi connectivity index (χ1) is 13.5. The topological polar surface area (TPSA) is 98.5 Å². The fourth-order valence-corrected chi connectivity index (χ4v) is 6.19. The summed E-state index contributed by atoms with van der Waals surface area (Å²) >= 11 is 5.99. The van der Waals surface area contributed by atoms with Crippen LogP contribution in [0.2, 0.25) is 5.02 Å². The van der Waals surface area contributed by atoms with Crippen molar-refractivity contribution in [1.29, 1.82) is 0 Å². The number of alkyl carbamates (subject to hydrolysis) is 1. The van der Waals surface area contributed by atoms with Crippen LogP contribution >= 0.6 is 11.6 Å². The summed E-state index contributed by atoms with van der Waals surface area (Å²) in [7, 11) is -3.77. The Balaban J connectivity index is 2.03. The van der Waals surface area contributed by atoms with Crippen molar-refractivity contribution in [3.63, 3.8) is 0 Å². The first kappa shape index (κ1) is 21.6. The minimum Gasteiger partial charge on any atom is -0.444 e. The van der Waals surface area contributed by atoms with Crippen LogP contribution in [0.4, 0.5) is 4.79 Å². The van der Waals surface area contributed by atoms with Crippen molar-refractivity contribution in [2.75, 3.05) is 6.54 Å². The zero-order valence-corrected chi connectivity index (χ0v) is 18.1. The number of hydrogen-bond acceptors (Lipinski definition) is 5. The molecule has 6 nitrogen and oxygen atoms in total. The van der Waals surface area contributed by atoms with Crippen LogP contribution in [0.1, 0.15) is 32.3 Å². The lowest BCUT2D eigenvalue weighted by atomic mass is 10.1. The number of amides is 1. The van der Waals surface area contributed by atoms with Gasteiger partial charge in [0.15, 0.2) is 9.84 Å². The molecule has 3 atom stereocenters. The molecule has 156 valence electrons. The van der Waals surface area contributed by atoms with Crippen molar-refractivity contribution in [2.24, 2.45) is 5.73 Å². The van der Waals surface area contributed by atoms with Crippen LogP contribution in [0.5, 0.6) is 0 Å². The van der Waals surface area contributed by atoms with E-state index in [0.717, 1.165) is 5.56 Å². The van der Waals surface area contributed by atoms with Crippen molar-refractivity contribution >= 4 is 27.5 Å². The Hall–Kier alpha value is -2.09. The van der Waals surface area contributed by atoms with E-state index in [1.54, 1.807) is 75.4 Å². The molecule has 0 heterocycles. The molecule has 1 aliphatic rings. The van der Waals surface area contributed by atoms with Gasteiger partial charge in [-0.05, 0) is 50.6 Å². The first-order valence-electron chi connectivity index (χ1n) is 9.27. The first-order valence-corrected chi connectivity index (χ1v) is 11.2. The Morgan fingerprint density at radius 1 is 1.14 bits per heavy atom. The van der Waals surface area contributed by atoms with E-state index < -0.39 is 38.2 Å². The van der Waals surface area contributed by atoms with Gasteiger partial charge >= 0.3 is 6.09 Å². The van der Waals surface area contributed by atoms with Gasteiger partial charge in [0, 0.05) is 17.5 Å². The highest BCUT2D eigenvalue weighted by Gasteiger charge is 2.71. The van der Waals surface area contributed by atoms with Gasteiger partial charge in [0.05, 0.1) is 10.4 Å². The van der Waals surface area contributed by atoms with E-state index >= 15 is 0 Å². The molecular formula is C21H25ClN2O4S. The SMILES string of the molecule is CC(C)(C)OC(=O)N[C@]1(CN)[C@H](c2ccc(Cl)cc2)[C@@H]1S(=O)(=O)c1ccccc1. The number of benzene rings is 2. The van der Waals surface area contributed by atoms with Crippen molar-refractivity contribution in [1.82, 2.24) is 5.32 Å². The Labute approximate surface area is 176 Å². The molecule has 1 saturated carbocycles. The van der Waals surface area contributed by atoms with Gasteiger partial charge in [-0.1, -0.05) is 41.9 Å². The average Bonchev–Trinajstić information content (AvgIpc) is 3.31. The monoisotopic (exact) mass is 436 g/mol. The summed E-state index contributed by atoms with van der Waals surface area (Å²) in [6, 6.07) is 15.1. The van der Waals surface area contributed by atoms with Crippen LogP contribution in [0.15, 0.2) is 59.5 Å². The maximum atomic E-state index is 13.4. The number of sulfone groups is 1. The van der Waals surface area contributed by atoms with Crippen LogP contribution in [0.25, 0.3) is 0 Å². The third kappa shape index (κ3) is 4.27. The van der Waals surface area contributed by atoms with Gasteiger partial charge in [0.1, 0.15) is 10.9 Å². The summed E-state index contributed by atoms with van der Waals surface area (Å²) in [6.07, 6.45) is -0.701. The lowest BCUT2D eigenvalue weighted by Gasteiger charge is -2.24. The van der Waals surface area contributed by atoms with E-state index in [1.807, 2.05) is 0 Å². The quantitative estimate of drug-likeness (QED) is 0.747. The zero-order valence-electron chi connectivity index (χ0n) is 16.6. The summed E-state index contributed by atoms with van der Waals surface area (Å²) in [5, 5.41) is 2.38. The number of ether oxygens (including phenoxy) is 1. The predicted octanol–water partition coefficient (Wildman–Crippen LogP) is 3.50. The molecule has 0 aromatic heterocycles. The predicted molar refractivity (Wildman–Crippen MR) is 113 cm³/mol. The minimum atomic E-state index is -3.77. The lowest BCUT2D eigenvalue weighted by Crippen LogP contribution is -2.49. The van der Waals surface area contributed by atoms with E-state index in [9.17, 15) is 13.2 Å². The summed E-state index contributed by atoms with van der Waals surface area (Å²) in [5.41, 5.74) is 4.88. The molecule has 3 rings (SSSR count). The molecule has 0 spiro atoms. The molecular weight excluding hydrogens is 412 g/mol. The molecule has 29 heavy (non-hydrogen) atoms. The summed E-state index contributed by atoms with van der Waals surface area (Å²) in [4.78, 5) is 12.7. The normalized spacial score (nSPS) is 24.0. The van der Waals surface area contributed by atoms with E-state index in [2.05, 4.69) is 5.32 Å². The highest BCUT2D eigenvalue weighted by atomic mass is 35.5. The molecule has 3 N–H and O–H groups in total. The highest BCUT2D eigenvalue weighted by Crippen LogP contribution is 2.57. The summed E-state index contributed by atoms with van der Waals surface area (Å²) < 4.78 is 32.2. The molecule has 0 aliphatic heterocycles.